The van der Waals surface area contributed by atoms with E-state index in [1.54, 1.807) is 31.2 Å². The van der Waals surface area contributed by atoms with Gasteiger partial charge in [-0.15, -0.1) is 0 Å². The predicted octanol–water partition coefficient (Wildman–Crippen LogP) is 3.24. The fourth-order valence-corrected chi connectivity index (χ4v) is 1.94. The zero-order valence-corrected chi connectivity index (χ0v) is 10.9. The van der Waals surface area contributed by atoms with Crippen molar-refractivity contribution in [3.05, 3.63) is 65.2 Å². The molecular weight excluding hydrogens is 262 g/mol. The molecule has 2 aromatic carbocycles. The highest BCUT2D eigenvalue weighted by Gasteiger charge is 2.12. The van der Waals surface area contributed by atoms with Crippen molar-refractivity contribution in [3.8, 4) is 0 Å². The van der Waals surface area contributed by atoms with E-state index in [9.17, 15) is 13.6 Å². The van der Waals surface area contributed by atoms with Gasteiger partial charge in [0.05, 0.1) is 6.04 Å². The van der Waals surface area contributed by atoms with Crippen LogP contribution in [0.5, 0.6) is 0 Å². The molecule has 0 spiro atoms. The minimum atomic E-state index is -0.617. The van der Waals surface area contributed by atoms with E-state index in [2.05, 4.69) is 5.32 Å². The van der Waals surface area contributed by atoms with E-state index in [1.165, 1.54) is 12.1 Å². The van der Waals surface area contributed by atoms with Crippen molar-refractivity contribution in [1.29, 1.82) is 0 Å². The summed E-state index contributed by atoms with van der Waals surface area (Å²) in [5, 5.41) is 3.04. The van der Waals surface area contributed by atoms with Gasteiger partial charge in [0.25, 0.3) is 0 Å². The Morgan fingerprint density at radius 1 is 1.20 bits per heavy atom. The number of anilines is 1. The smallest absolute Gasteiger partial charge is 0.248 e. The molecule has 0 aromatic heterocycles. The fraction of sp³-hybridized carbons (Fsp3) is 0.133. The van der Waals surface area contributed by atoms with E-state index in [4.69, 9.17) is 5.73 Å². The average Bonchev–Trinajstić information content (AvgIpc) is 2.38. The van der Waals surface area contributed by atoms with Crippen LogP contribution in [0.4, 0.5) is 14.5 Å². The number of carbonyl (C=O) groups is 1. The molecule has 2 rings (SSSR count). The van der Waals surface area contributed by atoms with Gasteiger partial charge in [-0.2, -0.15) is 0 Å². The van der Waals surface area contributed by atoms with Gasteiger partial charge in [0.2, 0.25) is 5.91 Å². The van der Waals surface area contributed by atoms with E-state index >= 15 is 0 Å². The zero-order valence-electron chi connectivity index (χ0n) is 10.9. The maximum Gasteiger partial charge on any atom is 0.248 e. The van der Waals surface area contributed by atoms with Crippen LogP contribution in [-0.4, -0.2) is 5.91 Å². The van der Waals surface area contributed by atoms with Crippen LogP contribution in [0.25, 0.3) is 0 Å². The van der Waals surface area contributed by atoms with Crippen LogP contribution in [-0.2, 0) is 0 Å². The summed E-state index contributed by atoms with van der Waals surface area (Å²) in [6.45, 7) is 1.74. The van der Waals surface area contributed by atoms with E-state index in [0.717, 1.165) is 6.07 Å². The molecular formula is C15H14F2N2O. The molecule has 1 unspecified atom stereocenters. The molecule has 0 saturated heterocycles. The molecule has 5 heteroatoms. The maximum absolute atomic E-state index is 13.7. The van der Waals surface area contributed by atoms with Crippen molar-refractivity contribution in [3.63, 3.8) is 0 Å². The lowest BCUT2D eigenvalue weighted by molar-refractivity contribution is 0.100. The molecule has 3 nitrogen and oxygen atoms in total. The molecule has 2 aromatic rings. The number of halogens is 2. The molecule has 104 valence electrons. The number of hydrogen-bond donors (Lipinski definition) is 2. The molecule has 3 N–H and O–H groups in total. The van der Waals surface area contributed by atoms with Gasteiger partial charge in [0, 0.05) is 22.9 Å². The third-order valence-corrected chi connectivity index (χ3v) is 2.96. The Morgan fingerprint density at radius 3 is 2.60 bits per heavy atom. The first-order chi connectivity index (χ1) is 9.47. The summed E-state index contributed by atoms with van der Waals surface area (Å²) < 4.78 is 26.5. The van der Waals surface area contributed by atoms with Crippen molar-refractivity contribution < 1.29 is 13.6 Å². The molecule has 20 heavy (non-hydrogen) atoms. The van der Waals surface area contributed by atoms with Gasteiger partial charge in [-0.1, -0.05) is 12.1 Å². The highest BCUT2D eigenvalue weighted by Crippen LogP contribution is 2.22. The second kappa shape index (κ2) is 5.69. The first-order valence-corrected chi connectivity index (χ1v) is 6.08. The van der Waals surface area contributed by atoms with Crippen molar-refractivity contribution in [1.82, 2.24) is 0 Å². The third kappa shape index (κ3) is 3.12. The van der Waals surface area contributed by atoms with Gasteiger partial charge in [0.15, 0.2) is 0 Å². The van der Waals surface area contributed by atoms with Crippen molar-refractivity contribution >= 4 is 11.6 Å². The first-order valence-electron chi connectivity index (χ1n) is 6.08. The van der Waals surface area contributed by atoms with Gasteiger partial charge in [-0.05, 0) is 31.2 Å². The number of amides is 1. The van der Waals surface area contributed by atoms with Crippen molar-refractivity contribution in [2.75, 3.05) is 5.32 Å². The zero-order chi connectivity index (χ0) is 14.7. The second-order valence-electron chi connectivity index (χ2n) is 4.48. The molecule has 0 heterocycles. The molecule has 0 radical (unpaired) electrons. The second-order valence-corrected chi connectivity index (χ2v) is 4.48. The molecule has 0 fully saturated rings. The van der Waals surface area contributed by atoms with Gasteiger partial charge in [-0.25, -0.2) is 8.78 Å². The number of carbonyl (C=O) groups excluding carboxylic acids is 1. The minimum absolute atomic E-state index is 0.343. The minimum Gasteiger partial charge on any atom is -0.378 e. The summed E-state index contributed by atoms with van der Waals surface area (Å²) in [6, 6.07) is 9.65. The highest BCUT2D eigenvalue weighted by molar-refractivity contribution is 5.93. The number of nitrogens with one attached hydrogen (secondary N) is 1. The maximum atomic E-state index is 13.7. The van der Waals surface area contributed by atoms with E-state index in [1.807, 2.05) is 0 Å². The first kappa shape index (κ1) is 14.0. The quantitative estimate of drug-likeness (QED) is 0.900. The summed E-state index contributed by atoms with van der Waals surface area (Å²) in [7, 11) is 0. The summed E-state index contributed by atoms with van der Waals surface area (Å²) in [6.07, 6.45) is 0. The molecule has 0 aliphatic rings. The van der Waals surface area contributed by atoms with Crippen LogP contribution in [0.1, 0.15) is 28.9 Å². The SMILES string of the molecule is CC(Nc1cccc(C(N)=O)c1)c1ccc(F)cc1F. The van der Waals surface area contributed by atoms with Crippen LogP contribution >= 0.6 is 0 Å². The highest BCUT2D eigenvalue weighted by atomic mass is 19.1. The van der Waals surface area contributed by atoms with Gasteiger partial charge in [0.1, 0.15) is 11.6 Å². The molecule has 0 saturated carbocycles. The summed E-state index contributed by atoms with van der Waals surface area (Å²) in [4.78, 5) is 11.1. The Labute approximate surface area is 115 Å². The lowest BCUT2D eigenvalue weighted by atomic mass is 10.1. The number of hydrogen-bond acceptors (Lipinski definition) is 2. The Hall–Kier alpha value is -2.43. The van der Waals surface area contributed by atoms with Crippen molar-refractivity contribution in [2.45, 2.75) is 13.0 Å². The van der Waals surface area contributed by atoms with Gasteiger partial charge < -0.3 is 11.1 Å². The average molecular weight is 276 g/mol. The number of primary amides is 1. The number of nitrogens with two attached hydrogens (primary N) is 1. The van der Waals surface area contributed by atoms with Crippen molar-refractivity contribution in [2.24, 2.45) is 5.73 Å². The van der Waals surface area contributed by atoms with Crippen LogP contribution in [0.15, 0.2) is 42.5 Å². The lowest BCUT2D eigenvalue weighted by Gasteiger charge is -2.16. The summed E-state index contributed by atoms with van der Waals surface area (Å²) in [5.74, 6) is -1.76. The molecule has 1 amide bonds. The number of rotatable bonds is 4. The molecule has 1 atom stereocenters. The Bertz CT molecular complexity index is 644. The fourth-order valence-electron chi connectivity index (χ4n) is 1.94. The van der Waals surface area contributed by atoms with Crippen LogP contribution < -0.4 is 11.1 Å². The Balaban J connectivity index is 2.21. The van der Waals surface area contributed by atoms with Crippen LogP contribution in [0.2, 0.25) is 0 Å². The van der Waals surface area contributed by atoms with E-state index in [0.29, 0.717) is 16.8 Å². The van der Waals surface area contributed by atoms with Gasteiger partial charge in [-0.3, -0.25) is 4.79 Å². The molecule has 0 aliphatic heterocycles. The topological polar surface area (TPSA) is 55.1 Å². The van der Waals surface area contributed by atoms with Crippen LogP contribution in [0.3, 0.4) is 0 Å². The van der Waals surface area contributed by atoms with E-state index < -0.39 is 17.5 Å². The summed E-state index contributed by atoms with van der Waals surface area (Å²) in [5.41, 5.74) is 6.54. The Kier molecular flexibility index (Phi) is 3.98. The lowest BCUT2D eigenvalue weighted by Crippen LogP contribution is -2.12. The van der Waals surface area contributed by atoms with E-state index in [-0.39, 0.29) is 6.04 Å². The standard InChI is InChI=1S/C15H14F2N2O/c1-9(13-6-5-11(16)8-14(13)17)19-12-4-2-3-10(7-12)15(18)20/h2-9,19H,1H3,(H2,18,20). The molecule has 0 bridgehead atoms. The van der Waals surface area contributed by atoms with Crippen LogP contribution in [0, 0.1) is 11.6 Å². The Morgan fingerprint density at radius 2 is 1.95 bits per heavy atom. The normalized spacial score (nSPS) is 11.9. The monoisotopic (exact) mass is 276 g/mol. The third-order valence-electron chi connectivity index (χ3n) is 2.96. The summed E-state index contributed by atoms with van der Waals surface area (Å²) >= 11 is 0. The predicted molar refractivity (Wildman–Crippen MR) is 73.4 cm³/mol. The van der Waals surface area contributed by atoms with Gasteiger partial charge >= 0.3 is 0 Å². The molecule has 0 aliphatic carbocycles. The number of benzene rings is 2. The largest absolute Gasteiger partial charge is 0.378 e.